The molecule has 1 aliphatic rings. The highest BCUT2D eigenvalue weighted by atomic mass is 16.5. The van der Waals surface area contributed by atoms with Gasteiger partial charge in [0.25, 0.3) is 5.91 Å². The molecule has 0 unspecified atom stereocenters. The van der Waals surface area contributed by atoms with Crippen molar-refractivity contribution in [3.05, 3.63) is 64.7 Å². The number of carboxylic acids is 1. The summed E-state index contributed by atoms with van der Waals surface area (Å²) in [6.45, 7) is 5.35. The Kier molecular flexibility index (Phi) is 6.95. The first-order valence-corrected chi connectivity index (χ1v) is 10.3. The van der Waals surface area contributed by atoms with Gasteiger partial charge in [0.1, 0.15) is 17.9 Å². The number of aliphatic carboxylic acids is 1. The minimum absolute atomic E-state index is 0.137. The second-order valence-corrected chi connectivity index (χ2v) is 8.16. The van der Waals surface area contributed by atoms with Crippen LogP contribution < -0.4 is 10.1 Å². The fourth-order valence-electron chi connectivity index (χ4n) is 3.62. The Labute approximate surface area is 181 Å². The number of fused-ring (bicyclic) bond motifs is 1. The van der Waals surface area contributed by atoms with E-state index in [1.807, 2.05) is 51.1 Å². The third kappa shape index (κ3) is 5.63. The van der Waals surface area contributed by atoms with Gasteiger partial charge in [0.2, 0.25) is 0 Å². The highest BCUT2D eigenvalue weighted by molar-refractivity contribution is 5.92. The van der Waals surface area contributed by atoms with E-state index >= 15 is 0 Å². The molecule has 0 bridgehead atoms. The number of hydrogen-bond acceptors (Lipinski definition) is 5. The first kappa shape index (κ1) is 22.3. The molecule has 0 fully saturated rings. The van der Waals surface area contributed by atoms with Gasteiger partial charge in [0, 0.05) is 6.42 Å². The Morgan fingerprint density at radius 2 is 1.97 bits per heavy atom. The Morgan fingerprint density at radius 1 is 1.23 bits per heavy atom. The molecule has 7 heteroatoms. The molecule has 1 aliphatic heterocycles. The van der Waals surface area contributed by atoms with Gasteiger partial charge >= 0.3 is 11.9 Å². The second-order valence-electron chi connectivity index (χ2n) is 8.16. The van der Waals surface area contributed by atoms with Gasteiger partial charge in [0.05, 0.1) is 5.56 Å². The highest BCUT2D eigenvalue weighted by Crippen LogP contribution is 2.32. The van der Waals surface area contributed by atoms with Gasteiger partial charge in [-0.25, -0.2) is 9.59 Å². The van der Waals surface area contributed by atoms with Gasteiger partial charge < -0.3 is 19.9 Å². The molecule has 2 atom stereocenters. The van der Waals surface area contributed by atoms with Crippen LogP contribution in [0, 0.1) is 12.8 Å². The fraction of sp³-hybridized carbons (Fsp3) is 0.375. The molecule has 1 amide bonds. The summed E-state index contributed by atoms with van der Waals surface area (Å²) in [5.74, 6) is -1.24. The zero-order chi connectivity index (χ0) is 22.5. The molecule has 0 aromatic heterocycles. The number of esters is 1. The summed E-state index contributed by atoms with van der Waals surface area (Å²) in [5.41, 5.74) is 3.18. The van der Waals surface area contributed by atoms with Crippen molar-refractivity contribution in [2.75, 3.05) is 6.61 Å². The van der Waals surface area contributed by atoms with Crippen LogP contribution in [0.2, 0.25) is 0 Å². The van der Waals surface area contributed by atoms with Crippen molar-refractivity contribution in [1.29, 1.82) is 0 Å². The lowest BCUT2D eigenvalue weighted by Gasteiger charge is -2.25. The Hall–Kier alpha value is -3.35. The van der Waals surface area contributed by atoms with E-state index in [9.17, 15) is 19.5 Å². The van der Waals surface area contributed by atoms with E-state index in [1.54, 1.807) is 12.1 Å². The van der Waals surface area contributed by atoms with Gasteiger partial charge in [-0.15, -0.1) is 0 Å². The molecule has 31 heavy (non-hydrogen) atoms. The van der Waals surface area contributed by atoms with Crippen molar-refractivity contribution in [3.63, 3.8) is 0 Å². The maximum Gasteiger partial charge on any atom is 0.339 e. The van der Waals surface area contributed by atoms with Crippen LogP contribution in [0.1, 0.15) is 53.4 Å². The SMILES string of the molecule is Cc1cc([C@H]2Cc3ccccc3C(=O)O2)ccc1OCC(=O)N[C@H](CC(C)C)C(=O)O. The molecule has 0 aliphatic carbocycles. The van der Waals surface area contributed by atoms with Crippen molar-refractivity contribution in [3.8, 4) is 5.75 Å². The number of aryl methyl sites for hydroxylation is 1. The molecule has 2 N–H and O–H groups in total. The van der Waals surface area contributed by atoms with E-state index in [4.69, 9.17) is 9.47 Å². The molecule has 2 aromatic rings. The molecular formula is C24H27NO6. The van der Waals surface area contributed by atoms with Gasteiger partial charge in [-0.2, -0.15) is 0 Å². The van der Waals surface area contributed by atoms with Gasteiger partial charge in [-0.3, -0.25) is 4.79 Å². The lowest BCUT2D eigenvalue weighted by molar-refractivity contribution is -0.142. The predicted molar refractivity (Wildman–Crippen MR) is 114 cm³/mol. The van der Waals surface area contributed by atoms with Crippen LogP contribution >= 0.6 is 0 Å². The van der Waals surface area contributed by atoms with Crippen LogP contribution in [0.5, 0.6) is 5.75 Å². The molecule has 2 aromatic carbocycles. The van der Waals surface area contributed by atoms with Crippen LogP contribution in [-0.2, 0) is 20.7 Å². The average Bonchev–Trinajstić information content (AvgIpc) is 2.72. The molecule has 0 saturated heterocycles. The number of cyclic esters (lactones) is 1. The van der Waals surface area contributed by atoms with Gasteiger partial charge in [-0.05, 0) is 54.2 Å². The maximum atomic E-state index is 12.3. The molecule has 164 valence electrons. The summed E-state index contributed by atoms with van der Waals surface area (Å²) in [7, 11) is 0. The van der Waals surface area contributed by atoms with Crippen LogP contribution in [0.25, 0.3) is 0 Å². The summed E-state index contributed by atoms with van der Waals surface area (Å²) in [5, 5.41) is 11.7. The number of amides is 1. The third-order valence-corrected chi connectivity index (χ3v) is 5.16. The fourth-order valence-corrected chi connectivity index (χ4v) is 3.62. The van der Waals surface area contributed by atoms with Crippen molar-refractivity contribution in [2.45, 2.75) is 45.8 Å². The number of nitrogens with one attached hydrogen (secondary N) is 1. The molecule has 7 nitrogen and oxygen atoms in total. The quantitative estimate of drug-likeness (QED) is 0.628. The number of carbonyl (C=O) groups excluding carboxylic acids is 2. The van der Waals surface area contributed by atoms with E-state index in [0.717, 1.165) is 16.7 Å². The lowest BCUT2D eigenvalue weighted by Crippen LogP contribution is -2.43. The van der Waals surface area contributed by atoms with Crippen LogP contribution in [0.4, 0.5) is 0 Å². The molecular weight excluding hydrogens is 398 g/mol. The van der Waals surface area contributed by atoms with Crippen LogP contribution in [0.3, 0.4) is 0 Å². The number of benzene rings is 2. The number of hydrogen-bond donors (Lipinski definition) is 2. The Morgan fingerprint density at radius 3 is 2.65 bits per heavy atom. The van der Waals surface area contributed by atoms with E-state index in [0.29, 0.717) is 24.2 Å². The molecule has 0 spiro atoms. The minimum Gasteiger partial charge on any atom is -0.484 e. The van der Waals surface area contributed by atoms with Gasteiger partial charge in [-0.1, -0.05) is 38.1 Å². The normalized spacial score (nSPS) is 16.3. The highest BCUT2D eigenvalue weighted by Gasteiger charge is 2.27. The van der Waals surface area contributed by atoms with Crippen molar-refractivity contribution < 1.29 is 29.0 Å². The first-order valence-electron chi connectivity index (χ1n) is 10.3. The number of carboxylic acid groups (broad SMARTS) is 1. The number of carbonyl (C=O) groups is 3. The average molecular weight is 425 g/mol. The maximum absolute atomic E-state index is 12.3. The minimum atomic E-state index is -1.06. The number of rotatable bonds is 8. The van der Waals surface area contributed by atoms with Crippen LogP contribution in [0.15, 0.2) is 42.5 Å². The van der Waals surface area contributed by atoms with Crippen molar-refractivity contribution in [1.82, 2.24) is 5.32 Å². The van der Waals surface area contributed by atoms with Gasteiger partial charge in [0.15, 0.2) is 6.61 Å². The second kappa shape index (κ2) is 9.64. The Balaban J connectivity index is 1.62. The van der Waals surface area contributed by atoms with E-state index < -0.39 is 17.9 Å². The Bertz CT molecular complexity index is 984. The topological polar surface area (TPSA) is 102 Å². The summed E-state index contributed by atoms with van der Waals surface area (Å²) >= 11 is 0. The summed E-state index contributed by atoms with van der Waals surface area (Å²) in [6.07, 6.45) is 0.555. The van der Waals surface area contributed by atoms with Crippen molar-refractivity contribution >= 4 is 17.8 Å². The smallest absolute Gasteiger partial charge is 0.339 e. The van der Waals surface area contributed by atoms with Crippen molar-refractivity contribution in [2.24, 2.45) is 5.92 Å². The van der Waals surface area contributed by atoms with E-state index in [-0.39, 0.29) is 24.6 Å². The zero-order valence-electron chi connectivity index (χ0n) is 17.9. The lowest BCUT2D eigenvalue weighted by atomic mass is 9.94. The summed E-state index contributed by atoms with van der Waals surface area (Å²) < 4.78 is 11.2. The van der Waals surface area contributed by atoms with E-state index in [1.165, 1.54) is 0 Å². The monoisotopic (exact) mass is 425 g/mol. The molecule has 1 heterocycles. The standard InChI is InChI=1S/C24H27NO6/c1-14(2)10-19(23(27)28)25-22(26)13-30-20-9-8-17(11-15(20)3)21-12-16-6-4-5-7-18(16)24(29)31-21/h4-9,11,14,19,21H,10,12-13H2,1-3H3,(H,25,26)(H,27,28)/t19-,21-/m1/s1. The predicted octanol–water partition coefficient (Wildman–Crippen LogP) is 3.44. The zero-order valence-corrected chi connectivity index (χ0v) is 17.9. The molecule has 3 rings (SSSR count). The third-order valence-electron chi connectivity index (χ3n) is 5.16. The van der Waals surface area contributed by atoms with E-state index in [2.05, 4.69) is 5.32 Å². The van der Waals surface area contributed by atoms with Crippen LogP contribution in [-0.4, -0.2) is 35.6 Å². The first-order chi connectivity index (χ1) is 14.7. The largest absolute Gasteiger partial charge is 0.484 e. The number of ether oxygens (including phenoxy) is 2. The summed E-state index contributed by atoms with van der Waals surface area (Å²) in [6, 6.07) is 11.9. The molecule has 0 saturated carbocycles. The summed E-state index contributed by atoms with van der Waals surface area (Å²) in [4.78, 5) is 35.7. The molecule has 0 radical (unpaired) electrons.